The summed E-state index contributed by atoms with van der Waals surface area (Å²) in [6.07, 6.45) is 0. The van der Waals surface area contributed by atoms with E-state index in [-0.39, 0.29) is 29.6 Å². The first kappa shape index (κ1) is 28.6. The Morgan fingerprint density at radius 3 is 2.33 bits per heavy atom. The number of amides is 2. The quantitative estimate of drug-likeness (QED) is 0.168. The first-order valence-electron chi connectivity index (χ1n) is 12.7. The number of nitrogens with zero attached hydrogens (tertiary/aromatic N) is 5. The maximum absolute atomic E-state index is 13.3. The molecule has 42 heavy (non-hydrogen) atoms. The zero-order valence-corrected chi connectivity index (χ0v) is 24.2. The third-order valence-corrected chi connectivity index (χ3v) is 7.67. The van der Waals surface area contributed by atoms with Crippen molar-refractivity contribution in [3.63, 3.8) is 0 Å². The fourth-order valence-electron chi connectivity index (χ4n) is 4.08. The molecule has 0 spiro atoms. The fourth-order valence-corrected chi connectivity index (χ4v) is 5.45. The van der Waals surface area contributed by atoms with Crippen molar-refractivity contribution in [1.29, 1.82) is 0 Å². The van der Waals surface area contributed by atoms with E-state index >= 15 is 0 Å². The molecule has 3 aromatic carbocycles. The average molecular weight is 600 g/mol. The zero-order valence-electron chi connectivity index (χ0n) is 22.6. The number of carbonyl (C=O) groups is 3. The lowest BCUT2D eigenvalue weighted by atomic mass is 9.98. The van der Waals surface area contributed by atoms with Gasteiger partial charge in [0.15, 0.2) is 16.8 Å². The van der Waals surface area contributed by atoms with Crippen LogP contribution in [0.1, 0.15) is 37.1 Å². The molecule has 0 bridgehead atoms. The van der Waals surface area contributed by atoms with Crippen molar-refractivity contribution in [2.45, 2.75) is 18.6 Å². The highest BCUT2D eigenvalue weighted by atomic mass is 32.2. The summed E-state index contributed by atoms with van der Waals surface area (Å²) < 4.78 is 7.29. The van der Waals surface area contributed by atoms with Crippen molar-refractivity contribution in [1.82, 2.24) is 30.3 Å². The largest absolute Gasteiger partial charge is 0.495 e. The molecule has 212 valence electrons. The molecule has 2 aromatic heterocycles. The number of carbonyl (C=O) groups excluding carboxylic acids is 3. The van der Waals surface area contributed by atoms with Crippen LogP contribution >= 0.6 is 23.1 Å². The summed E-state index contributed by atoms with van der Waals surface area (Å²) in [5.74, 6) is 0.0271. The average Bonchev–Trinajstić information content (AvgIpc) is 3.63. The van der Waals surface area contributed by atoms with Crippen LogP contribution in [0.5, 0.6) is 5.75 Å². The molecular weight excluding hydrogens is 574 g/mol. The van der Waals surface area contributed by atoms with Gasteiger partial charge in [0, 0.05) is 11.1 Å². The number of benzene rings is 3. The van der Waals surface area contributed by atoms with Crippen LogP contribution in [0.15, 0.2) is 84.0 Å². The summed E-state index contributed by atoms with van der Waals surface area (Å²) in [4.78, 5) is 39.0. The second kappa shape index (κ2) is 13.2. The van der Waals surface area contributed by atoms with Crippen molar-refractivity contribution >= 4 is 45.8 Å². The van der Waals surface area contributed by atoms with Gasteiger partial charge in [-0.1, -0.05) is 83.8 Å². The van der Waals surface area contributed by atoms with E-state index in [1.165, 1.54) is 23.1 Å². The molecule has 5 rings (SSSR count). The Morgan fingerprint density at radius 2 is 1.60 bits per heavy atom. The molecule has 0 aliphatic rings. The molecule has 2 amide bonds. The Balaban J connectivity index is 1.37. The van der Waals surface area contributed by atoms with Crippen molar-refractivity contribution in [3.05, 3.63) is 106 Å². The summed E-state index contributed by atoms with van der Waals surface area (Å²) in [5, 5.41) is 23.6. The van der Waals surface area contributed by atoms with E-state index < -0.39 is 5.91 Å². The van der Waals surface area contributed by atoms with Crippen LogP contribution < -0.4 is 15.4 Å². The number of ether oxygens (including phenoxy) is 1. The van der Waals surface area contributed by atoms with E-state index in [2.05, 4.69) is 31.0 Å². The number of aryl methyl sites for hydroxylation is 1. The fraction of sp³-hybridized carbons (Fsp3) is 0.138. The lowest BCUT2D eigenvalue weighted by Gasteiger charge is -2.14. The third kappa shape index (κ3) is 6.53. The predicted octanol–water partition coefficient (Wildman–Crippen LogP) is 4.33. The number of aromatic nitrogens is 5. The highest BCUT2D eigenvalue weighted by Gasteiger charge is 2.22. The second-order valence-electron chi connectivity index (χ2n) is 8.79. The van der Waals surface area contributed by atoms with Crippen LogP contribution in [-0.4, -0.2) is 55.4 Å². The highest BCUT2D eigenvalue weighted by Crippen LogP contribution is 2.29. The molecule has 0 aliphatic heterocycles. The molecule has 2 N–H and O–H groups in total. The SMILES string of the molecule is COc1ccccc1-n1c(CNC(=O)c2ccccc2C(=O)c2ccccc2)nnc1SCC(=O)Nc1nnc(C)s1. The number of methoxy groups -OCH3 is 1. The smallest absolute Gasteiger partial charge is 0.252 e. The van der Waals surface area contributed by atoms with Crippen LogP contribution in [0.25, 0.3) is 5.69 Å². The molecule has 0 radical (unpaired) electrons. The first-order chi connectivity index (χ1) is 20.4. The topological polar surface area (TPSA) is 141 Å². The molecule has 5 aromatic rings. The second-order valence-corrected chi connectivity index (χ2v) is 10.9. The van der Waals surface area contributed by atoms with Gasteiger partial charge in [-0.25, -0.2) is 0 Å². The van der Waals surface area contributed by atoms with Crippen molar-refractivity contribution in [2.75, 3.05) is 18.2 Å². The van der Waals surface area contributed by atoms with Gasteiger partial charge in [0.05, 0.1) is 30.7 Å². The van der Waals surface area contributed by atoms with Gasteiger partial charge in [0.1, 0.15) is 10.8 Å². The molecule has 2 heterocycles. The Kier molecular flexibility index (Phi) is 8.99. The van der Waals surface area contributed by atoms with Crippen LogP contribution in [0.2, 0.25) is 0 Å². The zero-order chi connectivity index (χ0) is 29.5. The number of hydrogen-bond acceptors (Lipinski definition) is 10. The molecule has 11 nitrogen and oxygen atoms in total. The Labute approximate surface area is 249 Å². The molecule has 13 heteroatoms. The van der Waals surface area contributed by atoms with E-state index in [0.29, 0.717) is 38.7 Å². The maximum atomic E-state index is 13.3. The summed E-state index contributed by atoms with van der Waals surface area (Å²) >= 11 is 2.45. The minimum Gasteiger partial charge on any atom is -0.495 e. The number of thioether (sulfide) groups is 1. The summed E-state index contributed by atoms with van der Waals surface area (Å²) in [7, 11) is 1.55. The van der Waals surface area contributed by atoms with Gasteiger partial charge >= 0.3 is 0 Å². The number of hydrogen-bond donors (Lipinski definition) is 2. The molecule has 0 fully saturated rings. The van der Waals surface area contributed by atoms with E-state index in [0.717, 1.165) is 5.01 Å². The van der Waals surface area contributed by atoms with Crippen molar-refractivity contribution < 1.29 is 19.1 Å². The van der Waals surface area contributed by atoms with Crippen LogP contribution in [0, 0.1) is 6.92 Å². The third-order valence-electron chi connectivity index (χ3n) is 5.99. The molecular formula is C29H25N7O4S2. The summed E-state index contributed by atoms with van der Waals surface area (Å²) in [5.41, 5.74) is 1.66. The standard InChI is InChI=1S/C29H25N7O4S2/c1-18-32-34-28(42-18)31-25(37)17-41-29-35-33-24(36(29)22-14-8-9-15-23(22)40-2)16-30-27(39)21-13-7-6-12-20(21)26(38)19-10-4-3-5-11-19/h3-15H,16-17H2,1-2H3,(H,30,39)(H,31,34,37). The maximum Gasteiger partial charge on any atom is 0.252 e. The Morgan fingerprint density at radius 1 is 0.881 bits per heavy atom. The predicted molar refractivity (Wildman–Crippen MR) is 159 cm³/mol. The molecule has 0 saturated carbocycles. The van der Waals surface area contributed by atoms with Gasteiger partial charge in [-0.15, -0.1) is 20.4 Å². The number of ketones is 1. The van der Waals surface area contributed by atoms with E-state index in [9.17, 15) is 14.4 Å². The minimum absolute atomic E-state index is 0.00540. The molecule has 0 unspecified atom stereocenters. The number of nitrogens with one attached hydrogen (secondary N) is 2. The monoisotopic (exact) mass is 599 g/mol. The summed E-state index contributed by atoms with van der Waals surface area (Å²) in [6, 6.07) is 22.7. The normalized spacial score (nSPS) is 10.7. The lowest BCUT2D eigenvalue weighted by molar-refractivity contribution is -0.113. The Hall–Kier alpha value is -4.88. The van der Waals surface area contributed by atoms with Crippen molar-refractivity contribution in [3.8, 4) is 11.4 Å². The van der Waals surface area contributed by atoms with Gasteiger partial charge in [0.2, 0.25) is 11.0 Å². The highest BCUT2D eigenvalue weighted by molar-refractivity contribution is 7.99. The molecule has 0 atom stereocenters. The van der Waals surface area contributed by atoms with Crippen molar-refractivity contribution in [2.24, 2.45) is 0 Å². The van der Waals surface area contributed by atoms with Gasteiger partial charge in [-0.05, 0) is 25.1 Å². The van der Waals surface area contributed by atoms with Crippen LogP contribution in [0.3, 0.4) is 0 Å². The van der Waals surface area contributed by atoms with E-state index in [1.807, 2.05) is 24.3 Å². The number of para-hydroxylation sites is 2. The van der Waals surface area contributed by atoms with Gasteiger partial charge in [0.25, 0.3) is 5.91 Å². The molecule has 0 saturated heterocycles. The first-order valence-corrected chi connectivity index (χ1v) is 14.5. The van der Waals surface area contributed by atoms with Crippen LogP contribution in [0.4, 0.5) is 5.13 Å². The van der Waals surface area contributed by atoms with Gasteiger partial charge < -0.3 is 10.1 Å². The number of rotatable bonds is 11. The molecule has 0 aliphatic carbocycles. The van der Waals surface area contributed by atoms with E-state index in [4.69, 9.17) is 4.74 Å². The van der Waals surface area contributed by atoms with Gasteiger partial charge in [-0.2, -0.15) is 0 Å². The Bertz CT molecular complexity index is 1740. The number of anilines is 1. The minimum atomic E-state index is -0.439. The van der Waals surface area contributed by atoms with Gasteiger partial charge in [-0.3, -0.25) is 24.3 Å². The lowest BCUT2D eigenvalue weighted by Crippen LogP contribution is -2.26. The van der Waals surface area contributed by atoms with Crippen LogP contribution in [-0.2, 0) is 11.3 Å². The summed E-state index contributed by atoms with van der Waals surface area (Å²) in [6.45, 7) is 1.80. The van der Waals surface area contributed by atoms with E-state index in [1.54, 1.807) is 73.2 Å².